The first-order chi connectivity index (χ1) is 12.5. The Morgan fingerprint density at radius 1 is 1.15 bits per heavy atom. The van der Waals surface area contributed by atoms with E-state index in [1.807, 2.05) is 42.7 Å². The van der Waals surface area contributed by atoms with Crippen molar-refractivity contribution < 1.29 is 9.59 Å². The Bertz CT molecular complexity index is 806. The van der Waals surface area contributed by atoms with Crippen LogP contribution in [0.1, 0.15) is 66.0 Å². The molecule has 0 atom stereocenters. The molecule has 6 heteroatoms. The smallest absolute Gasteiger partial charge is 0.291 e. The van der Waals surface area contributed by atoms with E-state index in [1.165, 1.54) is 5.56 Å². The number of benzene rings is 1. The summed E-state index contributed by atoms with van der Waals surface area (Å²) in [6.45, 7) is 6.63. The Hall–Kier alpha value is -2.63. The molecule has 1 aliphatic rings. The number of nitrogens with one attached hydrogen (secondary N) is 2. The second-order valence-electron chi connectivity index (χ2n) is 6.97. The molecule has 0 saturated carbocycles. The minimum Gasteiger partial charge on any atom is -0.348 e. The molecule has 1 aliphatic heterocycles. The second-order valence-corrected chi connectivity index (χ2v) is 6.97. The van der Waals surface area contributed by atoms with Gasteiger partial charge in [0.25, 0.3) is 11.8 Å². The van der Waals surface area contributed by atoms with Gasteiger partial charge in [0, 0.05) is 18.3 Å². The highest BCUT2D eigenvalue weighted by Crippen LogP contribution is 2.22. The molecule has 26 heavy (non-hydrogen) atoms. The van der Waals surface area contributed by atoms with E-state index in [1.54, 1.807) is 0 Å². The molecule has 2 aromatic rings. The van der Waals surface area contributed by atoms with Crippen molar-refractivity contribution in [3.63, 3.8) is 0 Å². The largest absolute Gasteiger partial charge is 0.348 e. The fraction of sp³-hybridized carbons (Fsp3) is 0.450. The number of hydrogen-bond acceptors (Lipinski definition) is 3. The summed E-state index contributed by atoms with van der Waals surface area (Å²) in [7, 11) is 0. The van der Waals surface area contributed by atoms with Crippen molar-refractivity contribution in [2.75, 3.05) is 5.32 Å². The van der Waals surface area contributed by atoms with E-state index in [0.717, 1.165) is 43.6 Å². The Balaban J connectivity index is 1.87. The zero-order valence-electron chi connectivity index (χ0n) is 15.6. The number of nitrogens with zero attached hydrogens (tertiary/aromatic N) is 2. The first-order valence-electron chi connectivity index (χ1n) is 9.30. The molecule has 1 aromatic heterocycles. The van der Waals surface area contributed by atoms with Crippen molar-refractivity contribution in [2.24, 2.45) is 0 Å². The van der Waals surface area contributed by atoms with Crippen LogP contribution < -0.4 is 10.6 Å². The number of carbonyl (C=O) groups excluding carboxylic acids is 2. The molecular weight excluding hydrogens is 328 g/mol. The molecule has 3 rings (SSSR count). The van der Waals surface area contributed by atoms with Crippen LogP contribution in [0.3, 0.4) is 0 Å². The van der Waals surface area contributed by atoms with Gasteiger partial charge in [0.05, 0.1) is 5.69 Å². The Labute approximate surface area is 154 Å². The highest BCUT2D eigenvalue weighted by molar-refractivity contribution is 6.03. The lowest BCUT2D eigenvalue weighted by atomic mass is 10.1. The third-order valence-electron chi connectivity index (χ3n) is 4.58. The highest BCUT2D eigenvalue weighted by atomic mass is 16.2. The van der Waals surface area contributed by atoms with Gasteiger partial charge in [-0.15, -0.1) is 0 Å². The summed E-state index contributed by atoms with van der Waals surface area (Å²) >= 11 is 0. The SMILES string of the molecule is CCc1ccc(NC(=O)c2nc(C(=O)NC(C)C)c3n2CCCC3)cc1. The number of rotatable bonds is 5. The zero-order chi connectivity index (χ0) is 18.7. The number of carbonyl (C=O) groups is 2. The standard InChI is InChI=1S/C20H26N4O2/c1-4-14-8-10-15(11-9-14)22-20(26)18-23-17(19(25)21-13(2)3)16-7-5-6-12-24(16)18/h8-11,13H,4-7,12H2,1-3H3,(H,21,25)(H,22,26). The first-order valence-corrected chi connectivity index (χ1v) is 9.30. The van der Waals surface area contributed by atoms with Crippen molar-refractivity contribution in [2.45, 2.75) is 59.0 Å². The molecule has 0 fully saturated rings. The summed E-state index contributed by atoms with van der Waals surface area (Å²) in [6, 6.07) is 7.81. The van der Waals surface area contributed by atoms with E-state index in [4.69, 9.17) is 0 Å². The Kier molecular flexibility index (Phi) is 5.40. The van der Waals surface area contributed by atoms with E-state index in [9.17, 15) is 9.59 Å². The van der Waals surface area contributed by atoms with Crippen molar-refractivity contribution in [1.82, 2.24) is 14.9 Å². The molecule has 2 amide bonds. The average molecular weight is 354 g/mol. The molecule has 0 saturated heterocycles. The van der Waals surface area contributed by atoms with Crippen LogP contribution >= 0.6 is 0 Å². The van der Waals surface area contributed by atoms with E-state index in [2.05, 4.69) is 22.5 Å². The highest BCUT2D eigenvalue weighted by Gasteiger charge is 2.27. The van der Waals surface area contributed by atoms with Crippen LogP contribution in [0.15, 0.2) is 24.3 Å². The normalized spacial score (nSPS) is 13.4. The Morgan fingerprint density at radius 3 is 2.54 bits per heavy atom. The van der Waals surface area contributed by atoms with Gasteiger partial charge in [0.2, 0.25) is 0 Å². The van der Waals surface area contributed by atoms with E-state index in [0.29, 0.717) is 11.5 Å². The maximum absolute atomic E-state index is 12.8. The van der Waals surface area contributed by atoms with Crippen molar-refractivity contribution >= 4 is 17.5 Å². The minimum atomic E-state index is -0.277. The maximum atomic E-state index is 12.8. The lowest BCUT2D eigenvalue weighted by molar-refractivity contribution is 0.0937. The van der Waals surface area contributed by atoms with Crippen LogP contribution in [-0.2, 0) is 19.4 Å². The number of aromatic nitrogens is 2. The average Bonchev–Trinajstić information content (AvgIpc) is 3.02. The number of hydrogen-bond donors (Lipinski definition) is 2. The van der Waals surface area contributed by atoms with Crippen LogP contribution in [-0.4, -0.2) is 27.4 Å². The predicted octanol–water partition coefficient (Wildman–Crippen LogP) is 3.17. The molecular formula is C20H26N4O2. The van der Waals surface area contributed by atoms with Crippen LogP contribution in [0.4, 0.5) is 5.69 Å². The van der Waals surface area contributed by atoms with Crippen LogP contribution in [0.2, 0.25) is 0 Å². The summed E-state index contributed by atoms with van der Waals surface area (Å²) in [5, 5.41) is 5.78. The van der Waals surface area contributed by atoms with Gasteiger partial charge in [-0.1, -0.05) is 19.1 Å². The van der Waals surface area contributed by atoms with Gasteiger partial charge in [-0.05, 0) is 57.2 Å². The fourth-order valence-corrected chi connectivity index (χ4v) is 3.24. The number of amides is 2. The fourth-order valence-electron chi connectivity index (χ4n) is 3.24. The third kappa shape index (κ3) is 3.79. The van der Waals surface area contributed by atoms with Gasteiger partial charge in [0.15, 0.2) is 5.82 Å². The number of aryl methyl sites for hydroxylation is 1. The Morgan fingerprint density at radius 2 is 1.88 bits per heavy atom. The summed E-state index contributed by atoms with van der Waals surface area (Å²) in [4.78, 5) is 29.7. The van der Waals surface area contributed by atoms with Gasteiger partial charge in [-0.3, -0.25) is 9.59 Å². The number of imidazole rings is 1. The molecule has 138 valence electrons. The number of fused-ring (bicyclic) bond motifs is 1. The molecule has 0 radical (unpaired) electrons. The molecule has 6 nitrogen and oxygen atoms in total. The van der Waals surface area contributed by atoms with Crippen molar-refractivity contribution in [3.05, 3.63) is 47.0 Å². The summed E-state index contributed by atoms with van der Waals surface area (Å²) in [5.74, 6) is -0.175. The van der Waals surface area contributed by atoms with E-state index in [-0.39, 0.29) is 17.9 Å². The number of anilines is 1. The molecule has 2 heterocycles. The summed E-state index contributed by atoms with van der Waals surface area (Å²) < 4.78 is 1.90. The van der Waals surface area contributed by atoms with Gasteiger partial charge >= 0.3 is 0 Å². The third-order valence-corrected chi connectivity index (χ3v) is 4.58. The monoisotopic (exact) mass is 354 g/mol. The molecule has 0 spiro atoms. The van der Waals surface area contributed by atoms with Gasteiger partial charge in [0.1, 0.15) is 5.69 Å². The van der Waals surface area contributed by atoms with Crippen molar-refractivity contribution in [3.8, 4) is 0 Å². The maximum Gasteiger partial charge on any atom is 0.291 e. The first kappa shape index (κ1) is 18.2. The zero-order valence-corrected chi connectivity index (χ0v) is 15.6. The topological polar surface area (TPSA) is 76.0 Å². The minimum absolute atomic E-state index is 0.0257. The lowest BCUT2D eigenvalue weighted by Gasteiger charge is -2.17. The molecule has 1 aromatic carbocycles. The molecule has 0 bridgehead atoms. The van der Waals surface area contributed by atoms with Gasteiger partial charge in [-0.2, -0.15) is 0 Å². The van der Waals surface area contributed by atoms with Crippen LogP contribution in [0, 0.1) is 0 Å². The predicted molar refractivity (Wildman–Crippen MR) is 102 cm³/mol. The molecule has 0 unspecified atom stereocenters. The van der Waals surface area contributed by atoms with Crippen LogP contribution in [0.25, 0.3) is 0 Å². The quantitative estimate of drug-likeness (QED) is 0.866. The molecule has 0 aliphatic carbocycles. The van der Waals surface area contributed by atoms with E-state index < -0.39 is 0 Å². The summed E-state index contributed by atoms with van der Waals surface area (Å²) in [6.07, 6.45) is 3.72. The van der Waals surface area contributed by atoms with Gasteiger partial charge < -0.3 is 15.2 Å². The lowest BCUT2D eigenvalue weighted by Crippen LogP contribution is -2.31. The summed E-state index contributed by atoms with van der Waals surface area (Å²) in [5.41, 5.74) is 3.19. The van der Waals surface area contributed by atoms with E-state index >= 15 is 0 Å². The van der Waals surface area contributed by atoms with Crippen LogP contribution in [0.5, 0.6) is 0 Å². The second kappa shape index (κ2) is 7.72. The molecule has 2 N–H and O–H groups in total. The van der Waals surface area contributed by atoms with Crippen molar-refractivity contribution in [1.29, 1.82) is 0 Å². The van der Waals surface area contributed by atoms with Gasteiger partial charge in [-0.25, -0.2) is 4.98 Å².